The van der Waals surface area contributed by atoms with Crippen LogP contribution in [0.25, 0.3) is 0 Å². The van der Waals surface area contributed by atoms with Gasteiger partial charge in [-0.2, -0.15) is 0 Å². The molecule has 1 N–H and O–H groups in total. The molecule has 1 fully saturated rings. The molecule has 0 radical (unpaired) electrons. The second-order valence-corrected chi connectivity index (χ2v) is 6.89. The van der Waals surface area contributed by atoms with Crippen molar-refractivity contribution in [3.8, 4) is 5.88 Å². The van der Waals surface area contributed by atoms with Gasteiger partial charge in [-0.3, -0.25) is 4.79 Å². The lowest BCUT2D eigenvalue weighted by atomic mass is 9.77. The zero-order valence-electron chi connectivity index (χ0n) is 15.3. The highest BCUT2D eigenvalue weighted by atomic mass is 16.5. The Morgan fingerprint density at radius 3 is 2.48 bits per heavy atom. The van der Waals surface area contributed by atoms with Crippen molar-refractivity contribution in [3.63, 3.8) is 0 Å². The Morgan fingerprint density at radius 2 is 1.88 bits per heavy atom. The summed E-state index contributed by atoms with van der Waals surface area (Å²) in [6.07, 6.45) is 5.63. The summed E-state index contributed by atoms with van der Waals surface area (Å²) < 4.78 is 5.47. The average Bonchev–Trinajstić information content (AvgIpc) is 3.09. The fourth-order valence-electron chi connectivity index (χ4n) is 3.67. The van der Waals surface area contributed by atoms with Crippen molar-refractivity contribution >= 4 is 11.6 Å². The standard InChI is InChI=1S/C21H26N2O2/c1-4-25-19-16(3)13-18(14-22-19)23-20(24)21(11-5-6-12-21)17-9-7-15(2)8-10-17/h7-10,13-14H,4-6,11-12H2,1-3H3,(H,23,24). The fraction of sp³-hybridized carbons (Fsp3) is 0.429. The molecule has 1 heterocycles. The molecular formula is C21H26N2O2. The smallest absolute Gasteiger partial charge is 0.235 e. The molecule has 0 saturated heterocycles. The van der Waals surface area contributed by atoms with Gasteiger partial charge in [0.2, 0.25) is 11.8 Å². The molecule has 1 aliphatic rings. The van der Waals surface area contributed by atoms with E-state index in [1.807, 2.05) is 19.9 Å². The highest BCUT2D eigenvalue weighted by Crippen LogP contribution is 2.42. The van der Waals surface area contributed by atoms with Crippen LogP contribution in [0.1, 0.15) is 49.3 Å². The zero-order valence-corrected chi connectivity index (χ0v) is 15.3. The molecule has 1 aromatic heterocycles. The third-order valence-corrected chi connectivity index (χ3v) is 5.07. The van der Waals surface area contributed by atoms with Crippen LogP contribution < -0.4 is 10.1 Å². The molecule has 4 heteroatoms. The maximum atomic E-state index is 13.2. The lowest BCUT2D eigenvalue weighted by Gasteiger charge is -2.28. The first-order chi connectivity index (χ1) is 12.0. The number of carbonyl (C=O) groups excluding carboxylic acids is 1. The highest BCUT2D eigenvalue weighted by molar-refractivity contribution is 5.99. The molecule has 0 aliphatic heterocycles. The van der Waals surface area contributed by atoms with E-state index in [1.165, 1.54) is 5.56 Å². The second kappa shape index (κ2) is 7.26. The first-order valence-corrected chi connectivity index (χ1v) is 9.03. The number of hydrogen-bond acceptors (Lipinski definition) is 3. The predicted octanol–water partition coefficient (Wildman–Crippen LogP) is 4.55. The molecule has 0 bridgehead atoms. The summed E-state index contributed by atoms with van der Waals surface area (Å²) >= 11 is 0. The Bertz CT molecular complexity index is 747. The number of nitrogens with zero attached hydrogens (tertiary/aromatic N) is 1. The van der Waals surface area contributed by atoms with E-state index in [-0.39, 0.29) is 5.91 Å². The Labute approximate surface area is 149 Å². The molecule has 132 valence electrons. The summed E-state index contributed by atoms with van der Waals surface area (Å²) in [5, 5.41) is 3.09. The van der Waals surface area contributed by atoms with Crippen molar-refractivity contribution in [2.75, 3.05) is 11.9 Å². The maximum absolute atomic E-state index is 13.2. The summed E-state index contributed by atoms with van der Waals surface area (Å²) in [6.45, 7) is 6.52. The predicted molar refractivity (Wildman–Crippen MR) is 100 cm³/mol. The van der Waals surface area contributed by atoms with Gasteiger partial charge in [0.1, 0.15) is 0 Å². The summed E-state index contributed by atoms with van der Waals surface area (Å²) in [5.41, 5.74) is 3.55. The number of amides is 1. The summed E-state index contributed by atoms with van der Waals surface area (Å²) in [5.74, 6) is 0.689. The van der Waals surface area contributed by atoms with E-state index in [9.17, 15) is 4.79 Å². The van der Waals surface area contributed by atoms with Crippen LogP contribution in [0.15, 0.2) is 36.5 Å². The van der Waals surface area contributed by atoms with Crippen LogP contribution in [-0.2, 0) is 10.2 Å². The molecule has 1 amide bonds. The summed E-state index contributed by atoms with van der Waals surface area (Å²) in [7, 11) is 0. The Morgan fingerprint density at radius 1 is 1.20 bits per heavy atom. The van der Waals surface area contributed by atoms with Crippen molar-refractivity contribution in [2.45, 2.75) is 51.9 Å². The van der Waals surface area contributed by atoms with Crippen LogP contribution in [0.2, 0.25) is 0 Å². The normalized spacial score (nSPS) is 15.8. The minimum Gasteiger partial charge on any atom is -0.478 e. The van der Waals surface area contributed by atoms with E-state index >= 15 is 0 Å². The lowest BCUT2D eigenvalue weighted by molar-refractivity contribution is -0.121. The van der Waals surface area contributed by atoms with Crippen molar-refractivity contribution in [3.05, 3.63) is 53.2 Å². The Kier molecular flexibility index (Phi) is 5.07. The van der Waals surface area contributed by atoms with E-state index in [2.05, 4.69) is 41.5 Å². The van der Waals surface area contributed by atoms with Gasteiger partial charge < -0.3 is 10.1 Å². The first-order valence-electron chi connectivity index (χ1n) is 9.03. The molecule has 4 nitrogen and oxygen atoms in total. The van der Waals surface area contributed by atoms with Crippen molar-refractivity contribution in [2.24, 2.45) is 0 Å². The zero-order chi connectivity index (χ0) is 17.9. The van der Waals surface area contributed by atoms with Crippen molar-refractivity contribution in [1.29, 1.82) is 0 Å². The third kappa shape index (κ3) is 3.53. The van der Waals surface area contributed by atoms with Gasteiger partial charge in [0, 0.05) is 5.56 Å². The monoisotopic (exact) mass is 338 g/mol. The first kappa shape index (κ1) is 17.5. The van der Waals surface area contributed by atoms with Crippen LogP contribution in [0.5, 0.6) is 5.88 Å². The third-order valence-electron chi connectivity index (χ3n) is 5.07. The van der Waals surface area contributed by atoms with Gasteiger partial charge in [-0.05, 0) is 45.2 Å². The minimum absolute atomic E-state index is 0.0687. The van der Waals surface area contributed by atoms with Crippen LogP contribution in [0.4, 0.5) is 5.69 Å². The van der Waals surface area contributed by atoms with Gasteiger partial charge in [0.25, 0.3) is 0 Å². The van der Waals surface area contributed by atoms with Crippen molar-refractivity contribution in [1.82, 2.24) is 4.98 Å². The molecule has 0 spiro atoms. The van der Waals surface area contributed by atoms with E-state index in [0.717, 1.165) is 42.5 Å². The number of hydrogen-bond donors (Lipinski definition) is 1. The Balaban J connectivity index is 1.84. The molecular weight excluding hydrogens is 312 g/mol. The van der Waals surface area contributed by atoms with Gasteiger partial charge in [0.05, 0.1) is 23.9 Å². The van der Waals surface area contributed by atoms with Gasteiger partial charge in [-0.25, -0.2) is 4.98 Å². The molecule has 0 unspecified atom stereocenters. The number of rotatable bonds is 5. The quantitative estimate of drug-likeness (QED) is 0.870. The number of ether oxygens (including phenoxy) is 1. The average molecular weight is 338 g/mol. The summed E-state index contributed by atoms with van der Waals surface area (Å²) in [4.78, 5) is 17.5. The number of anilines is 1. The van der Waals surface area contributed by atoms with Gasteiger partial charge in [0.15, 0.2) is 0 Å². The topological polar surface area (TPSA) is 51.2 Å². The van der Waals surface area contributed by atoms with Crippen LogP contribution in [-0.4, -0.2) is 17.5 Å². The molecule has 25 heavy (non-hydrogen) atoms. The van der Waals surface area contributed by atoms with Gasteiger partial charge in [-0.15, -0.1) is 0 Å². The molecule has 2 aromatic rings. The Hall–Kier alpha value is -2.36. The molecule has 3 rings (SSSR count). The van der Waals surface area contributed by atoms with Crippen LogP contribution in [0, 0.1) is 13.8 Å². The minimum atomic E-state index is -0.430. The van der Waals surface area contributed by atoms with Gasteiger partial charge >= 0.3 is 0 Å². The van der Waals surface area contributed by atoms with E-state index in [4.69, 9.17) is 4.74 Å². The number of aromatic nitrogens is 1. The number of benzene rings is 1. The largest absolute Gasteiger partial charge is 0.478 e. The number of nitrogens with one attached hydrogen (secondary N) is 1. The van der Waals surface area contributed by atoms with Crippen molar-refractivity contribution < 1.29 is 9.53 Å². The lowest BCUT2D eigenvalue weighted by Crippen LogP contribution is -2.38. The maximum Gasteiger partial charge on any atom is 0.235 e. The number of carbonyl (C=O) groups is 1. The van der Waals surface area contributed by atoms with Crippen LogP contribution >= 0.6 is 0 Å². The van der Waals surface area contributed by atoms with E-state index < -0.39 is 5.41 Å². The molecule has 0 atom stereocenters. The fourth-order valence-corrected chi connectivity index (χ4v) is 3.67. The second-order valence-electron chi connectivity index (χ2n) is 6.89. The SMILES string of the molecule is CCOc1ncc(NC(=O)C2(c3ccc(C)cc3)CCCC2)cc1C. The van der Waals surface area contributed by atoms with Crippen LogP contribution in [0.3, 0.4) is 0 Å². The molecule has 1 aromatic carbocycles. The summed E-state index contributed by atoms with van der Waals surface area (Å²) in [6, 6.07) is 10.3. The molecule has 1 saturated carbocycles. The van der Waals surface area contributed by atoms with E-state index in [1.54, 1.807) is 6.20 Å². The highest BCUT2D eigenvalue weighted by Gasteiger charge is 2.42. The van der Waals surface area contributed by atoms with Gasteiger partial charge in [-0.1, -0.05) is 42.7 Å². The van der Waals surface area contributed by atoms with E-state index in [0.29, 0.717) is 12.5 Å². The molecule has 1 aliphatic carbocycles. The number of aryl methyl sites for hydroxylation is 2. The number of pyridine rings is 1.